The fourth-order valence-electron chi connectivity index (χ4n) is 4.95. The van der Waals surface area contributed by atoms with E-state index in [9.17, 15) is 4.79 Å². The maximum atomic E-state index is 13.3. The summed E-state index contributed by atoms with van der Waals surface area (Å²) in [5.74, 6) is 1.70. The predicted octanol–water partition coefficient (Wildman–Crippen LogP) is 4.53. The molecule has 2 aromatic rings. The van der Waals surface area contributed by atoms with Gasteiger partial charge in [-0.1, -0.05) is 55.5 Å². The highest BCUT2D eigenvalue weighted by Crippen LogP contribution is 2.45. The third-order valence-corrected chi connectivity index (χ3v) is 6.66. The SMILES string of the molecule is CC1CC=C(C(=O)N2CCC3(CC2)COc2ccccc23)c2ccccc21. The molecule has 2 aromatic carbocycles. The van der Waals surface area contributed by atoms with Gasteiger partial charge < -0.3 is 9.64 Å². The second-order valence-corrected chi connectivity index (χ2v) is 8.20. The van der Waals surface area contributed by atoms with E-state index in [1.165, 1.54) is 11.1 Å². The second-order valence-electron chi connectivity index (χ2n) is 8.20. The Morgan fingerprint density at radius 1 is 1.07 bits per heavy atom. The molecule has 1 saturated heterocycles. The summed E-state index contributed by atoms with van der Waals surface area (Å²) >= 11 is 0. The molecule has 27 heavy (non-hydrogen) atoms. The van der Waals surface area contributed by atoms with E-state index in [-0.39, 0.29) is 11.3 Å². The maximum Gasteiger partial charge on any atom is 0.254 e. The smallest absolute Gasteiger partial charge is 0.254 e. The van der Waals surface area contributed by atoms with Gasteiger partial charge >= 0.3 is 0 Å². The van der Waals surface area contributed by atoms with Gasteiger partial charge in [0.15, 0.2) is 0 Å². The molecule has 1 aliphatic carbocycles. The Bertz CT molecular complexity index is 921. The number of amides is 1. The minimum Gasteiger partial charge on any atom is -0.492 e. The highest BCUT2D eigenvalue weighted by molar-refractivity contribution is 6.20. The number of carbonyl (C=O) groups excluding carboxylic acids is 1. The molecule has 0 N–H and O–H groups in total. The lowest BCUT2D eigenvalue weighted by atomic mass is 9.74. The van der Waals surface area contributed by atoms with Crippen molar-refractivity contribution in [3.63, 3.8) is 0 Å². The van der Waals surface area contributed by atoms with Crippen molar-refractivity contribution in [3.8, 4) is 5.75 Å². The van der Waals surface area contributed by atoms with Crippen molar-refractivity contribution < 1.29 is 9.53 Å². The highest BCUT2D eigenvalue weighted by atomic mass is 16.5. The average Bonchev–Trinajstić information content (AvgIpc) is 3.07. The summed E-state index contributed by atoms with van der Waals surface area (Å²) in [6.07, 6.45) is 5.03. The van der Waals surface area contributed by atoms with Crippen LogP contribution in [0.25, 0.3) is 5.57 Å². The first-order valence-corrected chi connectivity index (χ1v) is 9.99. The van der Waals surface area contributed by atoms with E-state index in [1.807, 2.05) is 17.0 Å². The summed E-state index contributed by atoms with van der Waals surface area (Å²) in [6, 6.07) is 16.8. The minimum atomic E-state index is 0.0841. The van der Waals surface area contributed by atoms with Crippen molar-refractivity contribution >= 4 is 11.5 Å². The monoisotopic (exact) mass is 359 g/mol. The first kappa shape index (κ1) is 16.6. The number of benzene rings is 2. The summed E-state index contributed by atoms with van der Waals surface area (Å²) in [4.78, 5) is 15.3. The number of allylic oxidation sites excluding steroid dienone is 1. The number of ether oxygens (including phenoxy) is 1. The van der Waals surface area contributed by atoms with Crippen LogP contribution in [-0.4, -0.2) is 30.5 Å². The summed E-state index contributed by atoms with van der Waals surface area (Å²) in [7, 11) is 0. The van der Waals surface area contributed by atoms with Crippen LogP contribution in [0.1, 0.15) is 48.8 Å². The zero-order chi connectivity index (χ0) is 18.4. The molecule has 5 rings (SSSR count). The lowest BCUT2D eigenvalue weighted by Gasteiger charge is -2.39. The topological polar surface area (TPSA) is 29.5 Å². The molecule has 1 unspecified atom stereocenters. The molecule has 3 aliphatic rings. The highest BCUT2D eigenvalue weighted by Gasteiger charge is 2.44. The van der Waals surface area contributed by atoms with Gasteiger partial charge in [0.2, 0.25) is 0 Å². The molecule has 3 heteroatoms. The number of fused-ring (bicyclic) bond motifs is 3. The fourth-order valence-corrected chi connectivity index (χ4v) is 4.95. The van der Waals surface area contributed by atoms with Gasteiger partial charge in [-0.15, -0.1) is 0 Å². The van der Waals surface area contributed by atoms with E-state index >= 15 is 0 Å². The van der Waals surface area contributed by atoms with Crippen LogP contribution in [0, 0.1) is 0 Å². The number of hydrogen-bond donors (Lipinski definition) is 0. The largest absolute Gasteiger partial charge is 0.492 e. The number of para-hydroxylation sites is 1. The van der Waals surface area contributed by atoms with Crippen LogP contribution in [0.3, 0.4) is 0 Å². The van der Waals surface area contributed by atoms with Gasteiger partial charge in [-0.3, -0.25) is 4.79 Å². The van der Waals surface area contributed by atoms with E-state index in [1.54, 1.807) is 0 Å². The van der Waals surface area contributed by atoms with Crippen LogP contribution in [-0.2, 0) is 10.2 Å². The number of carbonyl (C=O) groups is 1. The van der Waals surface area contributed by atoms with E-state index in [0.717, 1.165) is 55.8 Å². The molecule has 1 atom stereocenters. The molecular weight excluding hydrogens is 334 g/mol. The normalized spacial score (nSPS) is 22.6. The number of nitrogens with zero attached hydrogens (tertiary/aromatic N) is 1. The molecule has 0 bridgehead atoms. The minimum absolute atomic E-state index is 0.0841. The van der Waals surface area contributed by atoms with Gasteiger partial charge in [0.25, 0.3) is 5.91 Å². The first-order valence-electron chi connectivity index (χ1n) is 9.99. The molecule has 0 aromatic heterocycles. The van der Waals surface area contributed by atoms with Crippen LogP contribution < -0.4 is 4.74 Å². The first-order chi connectivity index (χ1) is 13.2. The van der Waals surface area contributed by atoms with Gasteiger partial charge in [-0.05, 0) is 42.4 Å². The van der Waals surface area contributed by atoms with Crippen LogP contribution in [0.2, 0.25) is 0 Å². The zero-order valence-electron chi connectivity index (χ0n) is 15.8. The third kappa shape index (κ3) is 2.60. The molecule has 2 aliphatic heterocycles. The molecule has 138 valence electrons. The van der Waals surface area contributed by atoms with E-state index in [0.29, 0.717) is 5.92 Å². The maximum absolute atomic E-state index is 13.3. The van der Waals surface area contributed by atoms with Gasteiger partial charge in [0.1, 0.15) is 5.75 Å². The van der Waals surface area contributed by atoms with E-state index in [2.05, 4.69) is 49.4 Å². The van der Waals surface area contributed by atoms with Gasteiger partial charge in [-0.25, -0.2) is 0 Å². The summed E-state index contributed by atoms with van der Waals surface area (Å²) < 4.78 is 5.95. The van der Waals surface area contributed by atoms with Gasteiger partial charge in [-0.2, -0.15) is 0 Å². The Labute approximate surface area is 160 Å². The van der Waals surface area contributed by atoms with Crippen molar-refractivity contribution in [2.45, 2.75) is 37.5 Å². The summed E-state index contributed by atoms with van der Waals surface area (Å²) in [5.41, 5.74) is 4.72. The Hall–Kier alpha value is -2.55. The molecular formula is C24H25NO2. The number of likely N-dealkylation sites (tertiary alicyclic amines) is 1. The number of hydrogen-bond acceptors (Lipinski definition) is 2. The quantitative estimate of drug-likeness (QED) is 0.749. The van der Waals surface area contributed by atoms with Crippen LogP contribution in [0.5, 0.6) is 5.75 Å². The number of piperidine rings is 1. The van der Waals surface area contributed by atoms with Gasteiger partial charge in [0.05, 0.1) is 6.61 Å². The Balaban J connectivity index is 1.36. The van der Waals surface area contributed by atoms with Crippen molar-refractivity contribution in [2.75, 3.05) is 19.7 Å². The standard InChI is InChI=1S/C24H25NO2/c1-17-10-11-20(19-7-3-2-6-18(17)19)23(26)25-14-12-24(13-15-25)16-27-22-9-5-4-8-21(22)24/h2-9,11,17H,10,12-16H2,1H3. The predicted molar refractivity (Wildman–Crippen MR) is 107 cm³/mol. The summed E-state index contributed by atoms with van der Waals surface area (Å²) in [6.45, 7) is 4.58. The molecule has 0 radical (unpaired) electrons. The van der Waals surface area contributed by atoms with Crippen LogP contribution in [0.4, 0.5) is 0 Å². The van der Waals surface area contributed by atoms with Crippen molar-refractivity contribution in [2.24, 2.45) is 0 Å². The molecule has 1 spiro atoms. The van der Waals surface area contributed by atoms with Crippen molar-refractivity contribution in [3.05, 3.63) is 71.3 Å². The molecule has 3 nitrogen and oxygen atoms in total. The van der Waals surface area contributed by atoms with E-state index < -0.39 is 0 Å². The zero-order valence-corrected chi connectivity index (χ0v) is 15.8. The lowest BCUT2D eigenvalue weighted by molar-refractivity contribution is -0.126. The second kappa shape index (κ2) is 6.26. The Morgan fingerprint density at radius 2 is 1.81 bits per heavy atom. The van der Waals surface area contributed by atoms with Gasteiger partial charge in [0, 0.05) is 29.6 Å². The molecule has 0 saturated carbocycles. The van der Waals surface area contributed by atoms with Crippen LogP contribution in [0.15, 0.2) is 54.6 Å². The van der Waals surface area contributed by atoms with E-state index in [4.69, 9.17) is 4.74 Å². The fraction of sp³-hybridized carbons (Fsp3) is 0.375. The number of rotatable bonds is 1. The molecule has 1 fully saturated rings. The van der Waals surface area contributed by atoms with Crippen LogP contribution >= 0.6 is 0 Å². The van der Waals surface area contributed by atoms with Crippen molar-refractivity contribution in [1.82, 2.24) is 4.90 Å². The Kier molecular flexibility index (Phi) is 3.85. The molecule has 1 amide bonds. The Morgan fingerprint density at radius 3 is 2.67 bits per heavy atom. The molecule has 2 heterocycles. The summed E-state index contributed by atoms with van der Waals surface area (Å²) in [5, 5.41) is 0. The third-order valence-electron chi connectivity index (χ3n) is 6.66. The van der Waals surface area contributed by atoms with Crippen molar-refractivity contribution in [1.29, 1.82) is 0 Å². The average molecular weight is 359 g/mol. The lowest BCUT2D eigenvalue weighted by Crippen LogP contribution is -2.46.